The Labute approximate surface area is 126 Å². The van der Waals surface area contributed by atoms with E-state index in [2.05, 4.69) is 10.0 Å². The molecule has 0 saturated heterocycles. The fraction of sp³-hybridized carbons (Fsp3) is 0.625. The van der Waals surface area contributed by atoms with Gasteiger partial charge in [-0.3, -0.25) is 0 Å². The lowest BCUT2D eigenvalue weighted by Crippen LogP contribution is -2.31. The second kappa shape index (κ2) is 4.99. The van der Waals surface area contributed by atoms with E-state index in [0.717, 1.165) is 30.5 Å². The van der Waals surface area contributed by atoms with Crippen LogP contribution in [0.25, 0.3) is 0 Å². The molecular formula is C16H22N2O2S. The van der Waals surface area contributed by atoms with E-state index >= 15 is 0 Å². The third-order valence-corrected chi connectivity index (χ3v) is 6.49. The highest BCUT2D eigenvalue weighted by Gasteiger charge is 2.41. The third kappa shape index (κ3) is 2.81. The lowest BCUT2D eigenvalue weighted by Gasteiger charge is -2.16. The average Bonchev–Trinajstić information content (AvgIpc) is 3.38. The fourth-order valence-electron chi connectivity index (χ4n) is 3.49. The molecule has 1 aromatic rings. The summed E-state index contributed by atoms with van der Waals surface area (Å²) in [5, 5.41) is 3.24. The predicted octanol–water partition coefficient (Wildman–Crippen LogP) is 2.37. The van der Waals surface area contributed by atoms with Gasteiger partial charge in [-0.25, -0.2) is 13.1 Å². The Balaban J connectivity index is 1.47. The van der Waals surface area contributed by atoms with Crippen molar-refractivity contribution in [3.63, 3.8) is 0 Å². The van der Waals surface area contributed by atoms with E-state index in [4.69, 9.17) is 0 Å². The van der Waals surface area contributed by atoms with Crippen molar-refractivity contribution in [2.75, 3.05) is 18.4 Å². The molecule has 2 saturated carbocycles. The minimum atomic E-state index is -3.38. The molecule has 2 aliphatic carbocycles. The molecule has 0 bridgehead atoms. The van der Waals surface area contributed by atoms with Gasteiger partial charge < -0.3 is 5.32 Å². The van der Waals surface area contributed by atoms with Crippen LogP contribution in [-0.2, 0) is 16.4 Å². The zero-order valence-electron chi connectivity index (χ0n) is 12.1. The number of hydrogen-bond acceptors (Lipinski definition) is 3. The molecule has 1 heterocycles. The highest BCUT2D eigenvalue weighted by atomic mass is 32.2. The largest absolute Gasteiger partial charge is 0.384 e. The van der Waals surface area contributed by atoms with Crippen LogP contribution in [0.4, 0.5) is 5.69 Å². The van der Waals surface area contributed by atoms with Crippen LogP contribution in [0.15, 0.2) is 23.1 Å². The number of rotatable bonds is 6. The number of benzene rings is 1. The van der Waals surface area contributed by atoms with E-state index in [1.165, 1.54) is 31.2 Å². The lowest BCUT2D eigenvalue weighted by atomic mass is 9.99. The van der Waals surface area contributed by atoms with Gasteiger partial charge in [-0.15, -0.1) is 0 Å². The van der Waals surface area contributed by atoms with Crippen LogP contribution in [0.3, 0.4) is 0 Å². The molecule has 2 fully saturated rings. The van der Waals surface area contributed by atoms with Crippen molar-refractivity contribution in [1.29, 1.82) is 0 Å². The van der Waals surface area contributed by atoms with Gasteiger partial charge in [0.15, 0.2) is 0 Å². The molecule has 0 unspecified atom stereocenters. The SMILES string of the molecule is O=S(=O)(NCC(C1CC1)C1CC1)c1ccc2c(c1)NCC2. The van der Waals surface area contributed by atoms with Gasteiger partial charge in [-0.05, 0) is 67.6 Å². The Morgan fingerprint density at radius 3 is 2.57 bits per heavy atom. The van der Waals surface area contributed by atoms with Crippen LogP contribution in [0.5, 0.6) is 0 Å². The molecule has 1 aromatic carbocycles. The van der Waals surface area contributed by atoms with Crippen molar-refractivity contribution in [2.45, 2.75) is 37.0 Å². The summed E-state index contributed by atoms with van der Waals surface area (Å²) < 4.78 is 27.8. The number of nitrogens with one attached hydrogen (secondary N) is 2. The minimum Gasteiger partial charge on any atom is -0.384 e. The summed E-state index contributed by atoms with van der Waals surface area (Å²) >= 11 is 0. The normalized spacial score (nSPS) is 21.4. The van der Waals surface area contributed by atoms with E-state index < -0.39 is 10.0 Å². The van der Waals surface area contributed by atoms with Gasteiger partial charge in [0, 0.05) is 18.8 Å². The Kier molecular flexibility index (Phi) is 3.23. The zero-order valence-corrected chi connectivity index (χ0v) is 13.0. The summed E-state index contributed by atoms with van der Waals surface area (Å²) in [5.74, 6) is 2.09. The number of anilines is 1. The third-order valence-electron chi connectivity index (χ3n) is 5.07. The molecule has 21 heavy (non-hydrogen) atoms. The molecule has 2 N–H and O–H groups in total. The maximum absolute atomic E-state index is 12.5. The Morgan fingerprint density at radius 1 is 1.19 bits per heavy atom. The second-order valence-corrected chi connectivity index (χ2v) is 8.45. The number of sulfonamides is 1. The molecule has 4 nitrogen and oxygen atoms in total. The van der Waals surface area contributed by atoms with Gasteiger partial charge >= 0.3 is 0 Å². The van der Waals surface area contributed by atoms with Gasteiger partial charge in [-0.1, -0.05) is 6.07 Å². The molecule has 0 radical (unpaired) electrons. The summed E-state index contributed by atoms with van der Waals surface area (Å²) in [6.07, 6.45) is 6.11. The molecule has 0 spiro atoms. The first-order valence-electron chi connectivity index (χ1n) is 8.00. The van der Waals surface area contributed by atoms with E-state index in [-0.39, 0.29) is 0 Å². The molecule has 0 atom stereocenters. The van der Waals surface area contributed by atoms with Crippen molar-refractivity contribution in [2.24, 2.45) is 17.8 Å². The fourth-order valence-corrected chi connectivity index (χ4v) is 4.59. The van der Waals surface area contributed by atoms with Crippen LogP contribution in [0.1, 0.15) is 31.2 Å². The second-order valence-electron chi connectivity index (χ2n) is 6.69. The molecule has 3 aliphatic rings. The first-order valence-corrected chi connectivity index (χ1v) is 9.48. The van der Waals surface area contributed by atoms with Crippen molar-refractivity contribution in [3.8, 4) is 0 Å². The zero-order chi connectivity index (χ0) is 14.4. The quantitative estimate of drug-likeness (QED) is 0.848. The smallest absolute Gasteiger partial charge is 0.240 e. The summed E-state index contributed by atoms with van der Waals surface area (Å²) in [4.78, 5) is 0.390. The van der Waals surface area contributed by atoms with Crippen LogP contribution >= 0.6 is 0 Å². The molecule has 1 aliphatic heterocycles. The van der Waals surface area contributed by atoms with E-state index in [1.54, 1.807) is 12.1 Å². The van der Waals surface area contributed by atoms with Crippen molar-refractivity contribution in [3.05, 3.63) is 23.8 Å². The van der Waals surface area contributed by atoms with Crippen LogP contribution in [-0.4, -0.2) is 21.5 Å². The summed E-state index contributed by atoms with van der Waals surface area (Å²) in [6.45, 7) is 1.51. The first-order chi connectivity index (χ1) is 10.1. The summed E-state index contributed by atoms with van der Waals surface area (Å²) in [7, 11) is -3.38. The topological polar surface area (TPSA) is 58.2 Å². The number of hydrogen-bond donors (Lipinski definition) is 2. The van der Waals surface area contributed by atoms with Crippen molar-refractivity contribution in [1.82, 2.24) is 4.72 Å². The summed E-state index contributed by atoms with van der Waals surface area (Å²) in [6, 6.07) is 5.44. The highest BCUT2D eigenvalue weighted by Crippen LogP contribution is 2.48. The maximum Gasteiger partial charge on any atom is 0.240 e. The Bertz CT molecular complexity index is 636. The van der Waals surface area contributed by atoms with E-state index in [1.807, 2.05) is 6.07 Å². The molecule has 4 rings (SSSR count). The highest BCUT2D eigenvalue weighted by molar-refractivity contribution is 7.89. The van der Waals surface area contributed by atoms with Crippen molar-refractivity contribution < 1.29 is 8.42 Å². The molecule has 0 aromatic heterocycles. The van der Waals surface area contributed by atoms with Gasteiger partial charge in [-0.2, -0.15) is 0 Å². The Hall–Kier alpha value is -1.07. The van der Waals surface area contributed by atoms with Gasteiger partial charge in [0.1, 0.15) is 0 Å². The molecule has 5 heteroatoms. The maximum atomic E-state index is 12.5. The standard InChI is InChI=1S/C16H22N2O2S/c19-21(20,14-6-5-13-7-8-17-16(13)9-14)18-10-15(11-1-2-11)12-3-4-12/h5-6,9,11-12,15,17-18H,1-4,7-8,10H2. The summed E-state index contributed by atoms with van der Waals surface area (Å²) in [5.41, 5.74) is 2.18. The van der Waals surface area contributed by atoms with Crippen LogP contribution in [0.2, 0.25) is 0 Å². The average molecular weight is 306 g/mol. The number of fused-ring (bicyclic) bond motifs is 1. The van der Waals surface area contributed by atoms with Crippen LogP contribution < -0.4 is 10.0 Å². The Morgan fingerprint density at radius 2 is 1.90 bits per heavy atom. The molecule has 0 amide bonds. The molecule has 114 valence electrons. The van der Waals surface area contributed by atoms with Gasteiger partial charge in [0.25, 0.3) is 0 Å². The molecular weight excluding hydrogens is 284 g/mol. The lowest BCUT2D eigenvalue weighted by molar-refractivity contribution is 0.401. The first kappa shape index (κ1) is 13.6. The predicted molar refractivity (Wildman–Crippen MR) is 82.8 cm³/mol. The monoisotopic (exact) mass is 306 g/mol. The van der Waals surface area contributed by atoms with E-state index in [0.29, 0.717) is 17.4 Å². The minimum absolute atomic E-state index is 0.390. The van der Waals surface area contributed by atoms with Crippen molar-refractivity contribution >= 4 is 15.7 Å². The van der Waals surface area contributed by atoms with Gasteiger partial charge in [0.2, 0.25) is 10.0 Å². The van der Waals surface area contributed by atoms with Crippen LogP contribution in [0, 0.1) is 17.8 Å². The van der Waals surface area contributed by atoms with Gasteiger partial charge in [0.05, 0.1) is 4.90 Å². The van der Waals surface area contributed by atoms with E-state index in [9.17, 15) is 8.42 Å².